The first kappa shape index (κ1) is 26.3. The van der Waals surface area contributed by atoms with Gasteiger partial charge in [0.15, 0.2) is 0 Å². The smallest absolute Gasteiger partial charge is 0.397 e. The van der Waals surface area contributed by atoms with E-state index in [0.717, 1.165) is 6.20 Å². The maximum absolute atomic E-state index is 14.3. The minimum atomic E-state index is -6.33. The van der Waals surface area contributed by atoms with Crippen LogP contribution in [0.3, 0.4) is 0 Å². The van der Waals surface area contributed by atoms with Gasteiger partial charge < -0.3 is 11.5 Å². The Bertz CT molecular complexity index is 1000. The highest BCUT2D eigenvalue weighted by Gasteiger charge is 2.73. The molecule has 0 saturated heterocycles. The van der Waals surface area contributed by atoms with E-state index in [1.165, 1.54) is 12.1 Å². The minimum absolute atomic E-state index is 0.000461. The SMILES string of the molecule is NCc1cc(/C(N)=C/N(N)c2c(Cl)cc(C(F)(C(F)(F)F)C(F)(F)F)cc2Cl)ccc1Cl. The summed E-state index contributed by atoms with van der Waals surface area (Å²) in [6.45, 7) is 0.0921. The van der Waals surface area contributed by atoms with Gasteiger partial charge in [-0.3, -0.25) is 5.01 Å². The summed E-state index contributed by atoms with van der Waals surface area (Å²) in [5.74, 6) is 5.79. The van der Waals surface area contributed by atoms with Crippen molar-refractivity contribution in [2.24, 2.45) is 17.3 Å². The first-order chi connectivity index (χ1) is 14.5. The third-order valence-corrected chi connectivity index (χ3v) is 5.28. The summed E-state index contributed by atoms with van der Waals surface area (Å²) in [4.78, 5) is 0. The van der Waals surface area contributed by atoms with E-state index in [9.17, 15) is 30.7 Å². The Balaban J connectivity index is 2.53. The number of hydrogen-bond acceptors (Lipinski definition) is 4. The summed E-state index contributed by atoms with van der Waals surface area (Å²) in [6.07, 6.45) is -11.6. The van der Waals surface area contributed by atoms with Crippen molar-refractivity contribution in [2.75, 3.05) is 5.01 Å². The molecule has 0 aliphatic heterocycles. The van der Waals surface area contributed by atoms with E-state index in [0.29, 0.717) is 21.2 Å². The van der Waals surface area contributed by atoms with Crippen molar-refractivity contribution >= 4 is 46.2 Å². The van der Waals surface area contributed by atoms with E-state index in [1.807, 2.05) is 0 Å². The lowest BCUT2D eigenvalue weighted by atomic mass is 9.94. The van der Waals surface area contributed by atoms with Crippen LogP contribution in [0.1, 0.15) is 16.7 Å². The predicted molar refractivity (Wildman–Crippen MR) is 110 cm³/mol. The molecule has 4 nitrogen and oxygen atoms in total. The van der Waals surface area contributed by atoms with Crippen LogP contribution < -0.4 is 22.3 Å². The van der Waals surface area contributed by atoms with Crippen LogP contribution in [0.4, 0.5) is 36.4 Å². The fourth-order valence-electron chi connectivity index (χ4n) is 2.70. The van der Waals surface area contributed by atoms with Gasteiger partial charge in [0.05, 0.1) is 21.4 Å². The van der Waals surface area contributed by atoms with Gasteiger partial charge in [-0.15, -0.1) is 0 Å². The molecule has 0 unspecified atom stereocenters. The number of rotatable bonds is 5. The molecule has 0 aromatic heterocycles. The van der Waals surface area contributed by atoms with Crippen molar-refractivity contribution in [1.82, 2.24) is 0 Å². The Morgan fingerprint density at radius 2 is 1.38 bits per heavy atom. The Morgan fingerprint density at radius 1 is 0.875 bits per heavy atom. The topological polar surface area (TPSA) is 81.3 Å². The van der Waals surface area contributed by atoms with Gasteiger partial charge in [-0.1, -0.05) is 40.9 Å². The summed E-state index contributed by atoms with van der Waals surface area (Å²) in [5, 5.41) is -0.525. The van der Waals surface area contributed by atoms with Crippen LogP contribution in [0.2, 0.25) is 15.1 Å². The maximum atomic E-state index is 14.3. The van der Waals surface area contributed by atoms with Gasteiger partial charge in [0.1, 0.15) is 0 Å². The molecule has 0 heterocycles. The first-order valence-electron chi connectivity index (χ1n) is 8.36. The summed E-state index contributed by atoms with van der Waals surface area (Å²) in [5.41, 5.74) is 4.45. The zero-order valence-corrected chi connectivity index (χ0v) is 17.9. The molecular formula is C18H14Cl3F7N4. The summed E-state index contributed by atoms with van der Waals surface area (Å²) < 4.78 is 92.3. The number of nitrogens with zero attached hydrogens (tertiary/aromatic N) is 1. The fourth-order valence-corrected chi connectivity index (χ4v) is 3.58. The molecule has 0 aliphatic rings. The lowest BCUT2D eigenvalue weighted by Crippen LogP contribution is -2.50. The number of benzene rings is 2. The molecule has 32 heavy (non-hydrogen) atoms. The normalized spacial score (nSPS) is 13.4. The zero-order chi connectivity index (χ0) is 24.6. The van der Waals surface area contributed by atoms with Gasteiger partial charge in [0, 0.05) is 23.3 Å². The molecule has 0 radical (unpaired) electrons. The van der Waals surface area contributed by atoms with Gasteiger partial charge >= 0.3 is 18.0 Å². The van der Waals surface area contributed by atoms with Gasteiger partial charge in [0.25, 0.3) is 0 Å². The lowest BCUT2D eigenvalue weighted by molar-refractivity contribution is -0.348. The molecule has 0 aliphatic carbocycles. The average molecular weight is 526 g/mol. The van der Waals surface area contributed by atoms with Crippen LogP contribution in [0.5, 0.6) is 0 Å². The molecule has 14 heteroatoms. The predicted octanol–water partition coefficient (Wildman–Crippen LogP) is 6.03. The quantitative estimate of drug-likeness (QED) is 0.253. The molecular weight excluding hydrogens is 512 g/mol. The molecule has 0 fully saturated rings. The Kier molecular flexibility index (Phi) is 7.52. The molecule has 0 spiro atoms. The summed E-state index contributed by atoms with van der Waals surface area (Å²) >= 11 is 17.6. The molecule has 0 bridgehead atoms. The highest BCUT2D eigenvalue weighted by molar-refractivity contribution is 6.39. The molecule has 176 valence electrons. The molecule has 0 saturated carbocycles. The highest BCUT2D eigenvalue weighted by Crippen LogP contribution is 2.54. The number of alkyl halides is 7. The molecule has 0 atom stereocenters. The van der Waals surface area contributed by atoms with Crippen molar-refractivity contribution in [3.8, 4) is 0 Å². The van der Waals surface area contributed by atoms with Crippen LogP contribution in [-0.4, -0.2) is 12.4 Å². The Labute approximate surface area is 192 Å². The molecule has 2 rings (SSSR count). The fraction of sp³-hybridized carbons (Fsp3) is 0.222. The van der Waals surface area contributed by atoms with E-state index in [1.54, 1.807) is 6.07 Å². The van der Waals surface area contributed by atoms with Crippen molar-refractivity contribution in [3.05, 3.63) is 68.3 Å². The number of hydrogen-bond donors (Lipinski definition) is 3. The number of halogens is 10. The monoisotopic (exact) mass is 524 g/mol. The number of hydrazine groups is 1. The standard InChI is InChI=1S/C18H14Cl3F7N4/c19-11-2-1-8(3-9(11)6-29)14(30)7-32(31)15-12(20)4-10(5-13(15)21)16(22,17(23,24)25)18(26,27)28/h1-5,7H,6,29-31H2/b14-7-. The van der Waals surface area contributed by atoms with Crippen LogP contribution in [0.25, 0.3) is 5.70 Å². The van der Waals surface area contributed by atoms with E-state index in [4.69, 9.17) is 52.1 Å². The van der Waals surface area contributed by atoms with Gasteiger partial charge in [-0.05, 0) is 35.4 Å². The van der Waals surface area contributed by atoms with Crippen molar-refractivity contribution in [2.45, 2.75) is 24.6 Å². The maximum Gasteiger partial charge on any atom is 0.435 e. The first-order valence-corrected chi connectivity index (χ1v) is 9.50. The second-order valence-electron chi connectivity index (χ2n) is 6.44. The highest BCUT2D eigenvalue weighted by atomic mass is 35.5. The van der Waals surface area contributed by atoms with E-state index in [-0.39, 0.29) is 24.4 Å². The number of anilines is 1. The van der Waals surface area contributed by atoms with Gasteiger partial charge in [-0.25, -0.2) is 10.2 Å². The second-order valence-corrected chi connectivity index (χ2v) is 7.67. The second kappa shape index (κ2) is 9.14. The van der Waals surface area contributed by atoms with Gasteiger partial charge in [0.2, 0.25) is 0 Å². The summed E-state index contributed by atoms with van der Waals surface area (Å²) in [7, 11) is 0. The molecule has 6 N–H and O–H groups in total. The Morgan fingerprint density at radius 3 is 1.81 bits per heavy atom. The molecule has 0 amide bonds. The van der Waals surface area contributed by atoms with Crippen LogP contribution in [0.15, 0.2) is 36.5 Å². The molecule has 2 aromatic rings. The third kappa shape index (κ3) is 4.86. The summed E-state index contributed by atoms with van der Waals surface area (Å²) in [6, 6.07) is 4.84. The van der Waals surface area contributed by atoms with Crippen LogP contribution >= 0.6 is 34.8 Å². The van der Waals surface area contributed by atoms with E-state index >= 15 is 0 Å². The van der Waals surface area contributed by atoms with Crippen molar-refractivity contribution in [1.29, 1.82) is 0 Å². The zero-order valence-electron chi connectivity index (χ0n) is 15.6. The van der Waals surface area contributed by atoms with Crippen LogP contribution in [-0.2, 0) is 12.2 Å². The molecule has 2 aromatic carbocycles. The number of nitrogens with two attached hydrogens (primary N) is 3. The van der Waals surface area contributed by atoms with E-state index in [2.05, 4.69) is 0 Å². The van der Waals surface area contributed by atoms with Crippen molar-refractivity contribution < 1.29 is 30.7 Å². The van der Waals surface area contributed by atoms with Crippen LogP contribution in [0, 0.1) is 0 Å². The van der Waals surface area contributed by atoms with Gasteiger partial charge in [-0.2, -0.15) is 26.3 Å². The largest absolute Gasteiger partial charge is 0.435 e. The minimum Gasteiger partial charge on any atom is -0.397 e. The third-order valence-electron chi connectivity index (χ3n) is 4.33. The average Bonchev–Trinajstić information content (AvgIpc) is 2.65. The van der Waals surface area contributed by atoms with E-state index < -0.39 is 39.3 Å². The van der Waals surface area contributed by atoms with Crippen molar-refractivity contribution in [3.63, 3.8) is 0 Å². The Hall–Kier alpha value is -1.92. The lowest BCUT2D eigenvalue weighted by Gasteiger charge is -2.31.